The summed E-state index contributed by atoms with van der Waals surface area (Å²) in [5.41, 5.74) is 2.07. The molecule has 1 aliphatic rings. The second kappa shape index (κ2) is 10.3. The molecule has 0 fully saturated rings. The summed E-state index contributed by atoms with van der Waals surface area (Å²) in [4.78, 5) is 26.5. The van der Waals surface area contributed by atoms with Gasteiger partial charge in [-0.3, -0.25) is 9.59 Å². The highest BCUT2D eigenvalue weighted by Crippen LogP contribution is 2.43. The van der Waals surface area contributed by atoms with Crippen molar-refractivity contribution in [2.75, 3.05) is 18.1 Å². The quantitative estimate of drug-likeness (QED) is 0.259. The van der Waals surface area contributed by atoms with Crippen LogP contribution in [0.4, 0.5) is 18.9 Å². The molecule has 1 aliphatic heterocycles. The molecule has 0 saturated heterocycles. The van der Waals surface area contributed by atoms with E-state index in [0.717, 1.165) is 28.9 Å². The highest BCUT2D eigenvalue weighted by atomic mass is 19.4. The Morgan fingerprint density at radius 2 is 1.62 bits per heavy atom. The number of nitrogens with zero attached hydrogens (tertiary/aromatic N) is 1. The predicted molar refractivity (Wildman–Crippen MR) is 135 cm³/mol. The number of benzene rings is 3. The molecule has 1 amide bonds. The number of rotatable bonds is 7. The van der Waals surface area contributed by atoms with Gasteiger partial charge in [0.05, 0.1) is 5.56 Å². The van der Waals surface area contributed by atoms with Gasteiger partial charge in [0.1, 0.15) is 11.5 Å². The third-order valence-electron chi connectivity index (χ3n) is 6.27. The molecule has 8 heteroatoms. The molecule has 0 aromatic heterocycles. The highest BCUT2D eigenvalue weighted by molar-refractivity contribution is 5.97. The molecule has 3 aromatic carbocycles. The summed E-state index contributed by atoms with van der Waals surface area (Å²) in [6.45, 7) is 6.16. The fraction of sp³-hybridized carbons (Fsp3) is 0.310. The lowest BCUT2D eigenvalue weighted by Gasteiger charge is -2.21. The first-order chi connectivity index (χ1) is 17.5. The van der Waals surface area contributed by atoms with Crippen LogP contribution in [0, 0.1) is 0 Å². The largest absolute Gasteiger partial charge is 0.484 e. The van der Waals surface area contributed by atoms with Crippen LogP contribution in [-0.4, -0.2) is 25.0 Å². The molecule has 0 saturated carbocycles. The summed E-state index contributed by atoms with van der Waals surface area (Å²) in [6.07, 6.45) is -3.39. The van der Waals surface area contributed by atoms with Crippen LogP contribution in [0.5, 0.6) is 11.5 Å². The van der Waals surface area contributed by atoms with Crippen LogP contribution in [-0.2, 0) is 21.2 Å². The number of halogens is 3. The average Bonchev–Trinajstić information content (AvgIpc) is 3.12. The molecule has 37 heavy (non-hydrogen) atoms. The van der Waals surface area contributed by atoms with E-state index in [1.165, 1.54) is 12.1 Å². The van der Waals surface area contributed by atoms with E-state index < -0.39 is 11.7 Å². The van der Waals surface area contributed by atoms with Gasteiger partial charge in [-0.2, -0.15) is 13.2 Å². The van der Waals surface area contributed by atoms with E-state index >= 15 is 0 Å². The number of alkyl halides is 3. The van der Waals surface area contributed by atoms with Crippen LogP contribution in [0.2, 0.25) is 0 Å². The molecule has 0 radical (unpaired) electrons. The van der Waals surface area contributed by atoms with E-state index in [2.05, 4.69) is 0 Å². The normalized spacial score (nSPS) is 14.3. The summed E-state index contributed by atoms with van der Waals surface area (Å²) in [5, 5.41) is 0. The van der Waals surface area contributed by atoms with E-state index in [1.54, 1.807) is 35.2 Å². The van der Waals surface area contributed by atoms with Crippen LogP contribution >= 0.6 is 0 Å². The molecule has 0 atom stereocenters. The number of fused-ring (bicyclic) bond motifs is 1. The van der Waals surface area contributed by atoms with Crippen molar-refractivity contribution in [1.82, 2.24) is 0 Å². The highest BCUT2D eigenvalue weighted by Gasteiger charge is 2.38. The number of hydrogen-bond donors (Lipinski definition) is 0. The molecule has 3 aromatic rings. The van der Waals surface area contributed by atoms with Crippen molar-refractivity contribution >= 4 is 17.6 Å². The minimum absolute atomic E-state index is 0.206. The Morgan fingerprint density at radius 3 is 2.30 bits per heavy atom. The minimum Gasteiger partial charge on any atom is -0.484 e. The SMILES string of the molecule is CCCC(=O)Oc1cccc(OCC(=O)N2CC(C)(C)c3cc(-c4ccc(C(F)(F)F)cc4)ccc32)c1. The van der Waals surface area contributed by atoms with Gasteiger partial charge in [-0.25, -0.2) is 0 Å². The monoisotopic (exact) mass is 511 g/mol. The zero-order valence-corrected chi connectivity index (χ0v) is 20.9. The van der Waals surface area contributed by atoms with Gasteiger partial charge in [-0.15, -0.1) is 0 Å². The Balaban J connectivity index is 1.48. The van der Waals surface area contributed by atoms with Gasteiger partial charge in [0.15, 0.2) is 6.61 Å². The fourth-order valence-electron chi connectivity index (χ4n) is 4.37. The standard InChI is InChI=1S/C29H28F3NO4/c1-4-6-27(35)37-23-8-5-7-22(16-23)36-17-26(34)33-18-28(2,3)24-15-20(11-14-25(24)33)19-9-12-21(13-10-19)29(30,31)32/h5,7-16H,4,6,17-18H2,1-3H3. The number of carbonyl (C=O) groups excluding carboxylic acids is 2. The smallest absolute Gasteiger partial charge is 0.416 e. The maximum Gasteiger partial charge on any atom is 0.416 e. The van der Waals surface area contributed by atoms with E-state index in [1.807, 2.05) is 32.9 Å². The van der Waals surface area contributed by atoms with Crippen molar-refractivity contribution in [2.45, 2.75) is 45.2 Å². The number of ether oxygens (including phenoxy) is 2. The van der Waals surface area contributed by atoms with Gasteiger partial charge in [-0.1, -0.05) is 45.0 Å². The van der Waals surface area contributed by atoms with Crippen LogP contribution in [0.3, 0.4) is 0 Å². The molecule has 0 spiro atoms. The van der Waals surface area contributed by atoms with Crippen LogP contribution in [0.1, 0.15) is 44.7 Å². The minimum atomic E-state index is -4.39. The number of carbonyl (C=O) groups is 2. The molecule has 0 unspecified atom stereocenters. The number of amides is 1. The van der Waals surface area contributed by atoms with Crippen molar-refractivity contribution < 1.29 is 32.2 Å². The second-order valence-electron chi connectivity index (χ2n) is 9.66. The molecule has 0 N–H and O–H groups in total. The third-order valence-corrected chi connectivity index (χ3v) is 6.27. The fourth-order valence-corrected chi connectivity index (χ4v) is 4.37. The summed E-state index contributed by atoms with van der Waals surface area (Å²) < 4.78 is 49.8. The van der Waals surface area contributed by atoms with Gasteiger partial charge >= 0.3 is 12.1 Å². The van der Waals surface area contributed by atoms with Crippen molar-refractivity contribution in [3.8, 4) is 22.6 Å². The van der Waals surface area contributed by atoms with E-state index in [4.69, 9.17) is 9.47 Å². The molecular formula is C29H28F3NO4. The van der Waals surface area contributed by atoms with E-state index in [9.17, 15) is 22.8 Å². The molecule has 1 heterocycles. The molecule has 5 nitrogen and oxygen atoms in total. The second-order valence-corrected chi connectivity index (χ2v) is 9.66. The summed E-state index contributed by atoms with van der Waals surface area (Å²) >= 11 is 0. The third kappa shape index (κ3) is 5.96. The van der Waals surface area contributed by atoms with Crippen molar-refractivity contribution in [2.24, 2.45) is 0 Å². The zero-order chi connectivity index (χ0) is 26.8. The van der Waals surface area contributed by atoms with Crippen LogP contribution in [0.15, 0.2) is 66.7 Å². The Bertz CT molecular complexity index is 1300. The van der Waals surface area contributed by atoms with Gasteiger partial charge in [0.25, 0.3) is 5.91 Å². The lowest BCUT2D eigenvalue weighted by atomic mass is 9.85. The summed E-state index contributed by atoms with van der Waals surface area (Å²) in [6, 6.07) is 17.2. The average molecular weight is 512 g/mol. The Morgan fingerprint density at radius 1 is 0.946 bits per heavy atom. The number of hydrogen-bond acceptors (Lipinski definition) is 4. The summed E-state index contributed by atoms with van der Waals surface area (Å²) in [5.74, 6) is 0.197. The first-order valence-corrected chi connectivity index (χ1v) is 12.0. The van der Waals surface area contributed by atoms with Crippen LogP contribution in [0.25, 0.3) is 11.1 Å². The lowest BCUT2D eigenvalue weighted by Crippen LogP contribution is -2.37. The molecule has 0 bridgehead atoms. The summed E-state index contributed by atoms with van der Waals surface area (Å²) in [7, 11) is 0. The first kappa shape index (κ1) is 26.3. The molecular weight excluding hydrogens is 483 g/mol. The zero-order valence-electron chi connectivity index (χ0n) is 20.9. The maximum absolute atomic E-state index is 13.1. The lowest BCUT2D eigenvalue weighted by molar-refractivity contribution is -0.137. The van der Waals surface area contributed by atoms with Gasteiger partial charge in [-0.05, 0) is 59.5 Å². The Labute approximate surface area is 213 Å². The molecule has 194 valence electrons. The van der Waals surface area contributed by atoms with Crippen LogP contribution < -0.4 is 14.4 Å². The van der Waals surface area contributed by atoms with Crippen molar-refractivity contribution in [3.05, 3.63) is 77.9 Å². The topological polar surface area (TPSA) is 55.8 Å². The van der Waals surface area contributed by atoms with Gasteiger partial charge < -0.3 is 14.4 Å². The van der Waals surface area contributed by atoms with Gasteiger partial charge in [0.2, 0.25) is 0 Å². The first-order valence-electron chi connectivity index (χ1n) is 12.0. The maximum atomic E-state index is 13.1. The molecule has 0 aliphatic carbocycles. The van der Waals surface area contributed by atoms with Crippen molar-refractivity contribution in [3.63, 3.8) is 0 Å². The van der Waals surface area contributed by atoms with E-state index in [-0.39, 0.29) is 23.9 Å². The Hall–Kier alpha value is -3.81. The number of anilines is 1. The van der Waals surface area contributed by atoms with Gasteiger partial charge in [0, 0.05) is 30.1 Å². The Kier molecular flexibility index (Phi) is 7.30. The molecule has 4 rings (SSSR count). The van der Waals surface area contributed by atoms with E-state index in [0.29, 0.717) is 36.4 Å². The predicted octanol–water partition coefficient (Wildman–Crippen LogP) is 6.78. The number of esters is 1. The van der Waals surface area contributed by atoms with Crippen molar-refractivity contribution in [1.29, 1.82) is 0 Å².